The van der Waals surface area contributed by atoms with Gasteiger partial charge in [0.15, 0.2) is 0 Å². The van der Waals surface area contributed by atoms with E-state index >= 15 is 0 Å². The summed E-state index contributed by atoms with van der Waals surface area (Å²) in [5, 5.41) is 24.9. The van der Waals surface area contributed by atoms with Crippen LogP contribution in [0.25, 0.3) is 0 Å². The van der Waals surface area contributed by atoms with E-state index in [0.717, 1.165) is 35.3 Å². The maximum Gasteiger partial charge on any atom is 0.407 e. The molecular formula is C19H25NO4S. The van der Waals surface area contributed by atoms with Crippen LogP contribution in [0.3, 0.4) is 0 Å². The van der Waals surface area contributed by atoms with E-state index in [0.29, 0.717) is 0 Å². The molecule has 6 heteroatoms. The van der Waals surface area contributed by atoms with E-state index in [1.807, 2.05) is 41.8 Å². The quantitative estimate of drug-likeness (QED) is 0.638. The van der Waals surface area contributed by atoms with Gasteiger partial charge in [-0.1, -0.05) is 43.7 Å². The minimum Gasteiger partial charge on any atom is -0.445 e. The van der Waals surface area contributed by atoms with Crippen molar-refractivity contribution in [3.8, 4) is 0 Å². The predicted octanol–water partition coefficient (Wildman–Crippen LogP) is 3.41. The van der Waals surface area contributed by atoms with Crippen molar-refractivity contribution in [2.24, 2.45) is 0 Å². The molecule has 1 amide bonds. The number of rotatable bonds is 9. The highest BCUT2D eigenvalue weighted by Crippen LogP contribution is 2.28. The Labute approximate surface area is 152 Å². The summed E-state index contributed by atoms with van der Waals surface area (Å²) >= 11 is 1.42. The van der Waals surface area contributed by atoms with E-state index in [-0.39, 0.29) is 13.2 Å². The van der Waals surface area contributed by atoms with Crippen molar-refractivity contribution in [1.29, 1.82) is 0 Å². The van der Waals surface area contributed by atoms with Crippen LogP contribution in [0, 0.1) is 0 Å². The second kappa shape index (κ2) is 10.2. The standard InChI is InChI=1S/C19H25NO4S/c1-2-3-9-15-10-11-25-18(15)17(22)16(21)12-20-19(23)24-13-14-7-5-4-6-8-14/h4-8,10-11,16-17,21-22H,2-3,9,12-13H2,1H3,(H,20,23). The van der Waals surface area contributed by atoms with Gasteiger partial charge in [0, 0.05) is 11.4 Å². The maximum atomic E-state index is 11.7. The molecule has 0 bridgehead atoms. The van der Waals surface area contributed by atoms with Crippen molar-refractivity contribution in [3.63, 3.8) is 0 Å². The number of amides is 1. The summed E-state index contributed by atoms with van der Waals surface area (Å²) in [6.45, 7) is 2.21. The normalized spacial score (nSPS) is 13.2. The van der Waals surface area contributed by atoms with Gasteiger partial charge in [0.1, 0.15) is 18.8 Å². The summed E-state index contributed by atoms with van der Waals surface area (Å²) in [5.41, 5.74) is 1.95. The van der Waals surface area contributed by atoms with E-state index in [4.69, 9.17) is 4.74 Å². The monoisotopic (exact) mass is 363 g/mol. The lowest BCUT2D eigenvalue weighted by Gasteiger charge is -2.18. The molecule has 5 nitrogen and oxygen atoms in total. The van der Waals surface area contributed by atoms with Crippen LogP contribution in [-0.4, -0.2) is 29.0 Å². The predicted molar refractivity (Wildman–Crippen MR) is 98.5 cm³/mol. The maximum absolute atomic E-state index is 11.7. The molecule has 2 atom stereocenters. The van der Waals surface area contributed by atoms with E-state index in [1.54, 1.807) is 0 Å². The number of carbonyl (C=O) groups excluding carboxylic acids is 1. The van der Waals surface area contributed by atoms with Gasteiger partial charge < -0.3 is 20.3 Å². The molecule has 0 spiro atoms. The fourth-order valence-electron chi connectivity index (χ4n) is 2.43. The van der Waals surface area contributed by atoms with Gasteiger partial charge >= 0.3 is 6.09 Å². The first kappa shape index (κ1) is 19.4. The lowest BCUT2D eigenvalue weighted by atomic mass is 10.0. The summed E-state index contributed by atoms with van der Waals surface area (Å²) < 4.78 is 5.09. The van der Waals surface area contributed by atoms with Gasteiger partial charge in [0.25, 0.3) is 0 Å². The van der Waals surface area contributed by atoms with E-state index < -0.39 is 18.3 Å². The van der Waals surface area contributed by atoms with Gasteiger partial charge in [0.2, 0.25) is 0 Å². The lowest BCUT2D eigenvalue weighted by molar-refractivity contribution is 0.0200. The Morgan fingerprint density at radius 3 is 2.72 bits per heavy atom. The summed E-state index contributed by atoms with van der Waals surface area (Å²) in [6.07, 6.45) is 0.280. The number of benzene rings is 1. The molecule has 0 aliphatic carbocycles. The number of carbonyl (C=O) groups is 1. The molecule has 2 unspecified atom stereocenters. The number of aliphatic hydroxyl groups excluding tert-OH is 2. The Morgan fingerprint density at radius 2 is 2.00 bits per heavy atom. The van der Waals surface area contributed by atoms with Crippen molar-refractivity contribution in [3.05, 3.63) is 57.8 Å². The van der Waals surface area contributed by atoms with Crippen LogP contribution in [0.15, 0.2) is 41.8 Å². The lowest BCUT2D eigenvalue weighted by Crippen LogP contribution is -2.35. The third kappa shape index (κ3) is 6.16. The van der Waals surface area contributed by atoms with Crippen molar-refractivity contribution < 1.29 is 19.7 Å². The number of unbranched alkanes of at least 4 members (excludes halogenated alkanes) is 1. The fourth-order valence-corrected chi connectivity index (χ4v) is 3.43. The highest BCUT2D eigenvalue weighted by atomic mass is 32.1. The summed E-state index contributed by atoms with van der Waals surface area (Å²) in [6, 6.07) is 11.3. The highest BCUT2D eigenvalue weighted by Gasteiger charge is 2.23. The smallest absolute Gasteiger partial charge is 0.407 e. The zero-order valence-electron chi connectivity index (χ0n) is 14.4. The third-order valence-corrected chi connectivity index (χ3v) is 4.91. The second-order valence-corrected chi connectivity index (χ2v) is 6.82. The largest absolute Gasteiger partial charge is 0.445 e. The van der Waals surface area contributed by atoms with Crippen molar-refractivity contribution in [2.45, 2.75) is 45.0 Å². The third-order valence-electron chi connectivity index (χ3n) is 3.88. The average Bonchev–Trinajstić information content (AvgIpc) is 3.11. The molecule has 25 heavy (non-hydrogen) atoms. The van der Waals surface area contributed by atoms with Crippen LogP contribution in [-0.2, 0) is 17.8 Å². The molecule has 1 aromatic heterocycles. The topological polar surface area (TPSA) is 78.8 Å². The Morgan fingerprint density at radius 1 is 1.24 bits per heavy atom. The first-order chi connectivity index (χ1) is 12.1. The highest BCUT2D eigenvalue weighted by molar-refractivity contribution is 7.10. The van der Waals surface area contributed by atoms with Crippen molar-refractivity contribution in [2.75, 3.05) is 6.54 Å². The van der Waals surface area contributed by atoms with Gasteiger partial charge in [-0.05, 0) is 35.4 Å². The minimum atomic E-state index is -1.08. The zero-order valence-corrected chi connectivity index (χ0v) is 15.2. The Bertz CT molecular complexity index is 644. The van der Waals surface area contributed by atoms with E-state index in [9.17, 15) is 15.0 Å². The Hall–Kier alpha value is -1.89. The molecule has 0 saturated heterocycles. The van der Waals surface area contributed by atoms with Crippen LogP contribution in [0.4, 0.5) is 4.79 Å². The summed E-state index contributed by atoms with van der Waals surface area (Å²) in [7, 11) is 0. The number of hydrogen-bond acceptors (Lipinski definition) is 5. The summed E-state index contributed by atoms with van der Waals surface area (Å²) in [4.78, 5) is 12.5. The SMILES string of the molecule is CCCCc1ccsc1C(O)C(O)CNC(=O)OCc1ccccc1. The van der Waals surface area contributed by atoms with Crippen LogP contribution in [0.5, 0.6) is 0 Å². The van der Waals surface area contributed by atoms with Crippen molar-refractivity contribution in [1.82, 2.24) is 5.32 Å². The molecule has 0 saturated carbocycles. The van der Waals surface area contributed by atoms with Crippen LogP contribution >= 0.6 is 11.3 Å². The van der Waals surface area contributed by atoms with Gasteiger partial charge in [0.05, 0.1) is 0 Å². The number of aliphatic hydroxyl groups is 2. The van der Waals surface area contributed by atoms with Gasteiger partial charge in [-0.3, -0.25) is 0 Å². The molecule has 0 aliphatic rings. The minimum absolute atomic E-state index is 0.0695. The molecular weight excluding hydrogens is 338 g/mol. The van der Waals surface area contributed by atoms with Crippen LogP contribution < -0.4 is 5.32 Å². The number of hydrogen-bond donors (Lipinski definition) is 3. The number of nitrogens with one attached hydrogen (secondary N) is 1. The molecule has 2 aromatic rings. The van der Waals surface area contributed by atoms with E-state index in [1.165, 1.54) is 11.3 Å². The Balaban J connectivity index is 1.78. The molecule has 0 radical (unpaired) electrons. The van der Waals surface area contributed by atoms with E-state index in [2.05, 4.69) is 12.2 Å². The van der Waals surface area contributed by atoms with Crippen LogP contribution in [0.2, 0.25) is 0 Å². The Kier molecular flexibility index (Phi) is 7.91. The van der Waals surface area contributed by atoms with Gasteiger partial charge in [-0.15, -0.1) is 11.3 Å². The molecule has 1 aromatic carbocycles. The number of ether oxygens (including phenoxy) is 1. The molecule has 136 valence electrons. The zero-order chi connectivity index (χ0) is 18.1. The van der Waals surface area contributed by atoms with Gasteiger partial charge in [-0.2, -0.15) is 0 Å². The second-order valence-electron chi connectivity index (χ2n) is 5.87. The first-order valence-electron chi connectivity index (χ1n) is 8.48. The average molecular weight is 363 g/mol. The molecule has 0 fully saturated rings. The summed E-state index contributed by atoms with van der Waals surface area (Å²) in [5.74, 6) is 0. The number of alkyl carbamates (subject to hydrolysis) is 1. The number of thiophene rings is 1. The van der Waals surface area contributed by atoms with Crippen LogP contribution in [0.1, 0.15) is 41.9 Å². The first-order valence-corrected chi connectivity index (χ1v) is 9.36. The molecule has 3 N–H and O–H groups in total. The molecule has 0 aliphatic heterocycles. The molecule has 2 rings (SSSR count). The fraction of sp³-hybridized carbons (Fsp3) is 0.421. The molecule has 1 heterocycles. The van der Waals surface area contributed by atoms with Gasteiger partial charge in [-0.25, -0.2) is 4.79 Å². The van der Waals surface area contributed by atoms with Crippen molar-refractivity contribution >= 4 is 17.4 Å². The number of aryl methyl sites for hydroxylation is 1.